The fraction of sp³-hybridized carbons (Fsp3) is 0.429. The standard InChI is InChI=1S/C14H16O5/c1-3-18-12(15)7-9-8-19-14-10(13(9)16)5-4-6-11(14)17-2/h4-6,9H,3,7-8H2,1-2H3. The SMILES string of the molecule is CCOC(=O)CC1COc2c(OC)cccc2C1=O. The lowest BCUT2D eigenvalue weighted by molar-refractivity contribution is -0.144. The summed E-state index contributed by atoms with van der Waals surface area (Å²) in [7, 11) is 1.52. The lowest BCUT2D eigenvalue weighted by Crippen LogP contribution is -2.30. The highest BCUT2D eigenvalue weighted by Crippen LogP contribution is 2.36. The molecule has 5 nitrogen and oxygen atoms in total. The molecule has 0 bridgehead atoms. The van der Waals surface area contributed by atoms with E-state index in [2.05, 4.69) is 0 Å². The van der Waals surface area contributed by atoms with Crippen molar-refractivity contribution in [3.63, 3.8) is 0 Å². The van der Waals surface area contributed by atoms with E-state index in [1.807, 2.05) is 0 Å². The van der Waals surface area contributed by atoms with Crippen molar-refractivity contribution in [1.29, 1.82) is 0 Å². The van der Waals surface area contributed by atoms with Gasteiger partial charge in [0.2, 0.25) is 0 Å². The van der Waals surface area contributed by atoms with Gasteiger partial charge in [0.05, 0.1) is 38.2 Å². The average Bonchev–Trinajstić information content (AvgIpc) is 2.41. The zero-order chi connectivity index (χ0) is 13.8. The lowest BCUT2D eigenvalue weighted by atomic mass is 9.92. The number of esters is 1. The Kier molecular flexibility index (Phi) is 4.04. The summed E-state index contributed by atoms with van der Waals surface area (Å²) in [5.74, 6) is 0.0122. The van der Waals surface area contributed by atoms with Gasteiger partial charge in [-0.25, -0.2) is 0 Å². The van der Waals surface area contributed by atoms with Gasteiger partial charge in [0.25, 0.3) is 0 Å². The molecule has 0 N–H and O–H groups in total. The van der Waals surface area contributed by atoms with Crippen LogP contribution < -0.4 is 9.47 Å². The molecule has 0 saturated heterocycles. The Balaban J connectivity index is 2.18. The Hall–Kier alpha value is -2.04. The van der Waals surface area contributed by atoms with Crippen LogP contribution in [0, 0.1) is 5.92 Å². The minimum atomic E-state index is -0.487. The second kappa shape index (κ2) is 5.73. The van der Waals surface area contributed by atoms with Crippen molar-refractivity contribution >= 4 is 11.8 Å². The van der Waals surface area contributed by atoms with Crippen LogP contribution >= 0.6 is 0 Å². The summed E-state index contributed by atoms with van der Waals surface area (Å²) >= 11 is 0. The fourth-order valence-electron chi connectivity index (χ4n) is 2.07. The first-order valence-corrected chi connectivity index (χ1v) is 6.17. The molecular weight excluding hydrogens is 248 g/mol. The number of hydrogen-bond acceptors (Lipinski definition) is 5. The van der Waals surface area contributed by atoms with Gasteiger partial charge >= 0.3 is 5.97 Å². The predicted molar refractivity (Wildman–Crippen MR) is 67.6 cm³/mol. The summed E-state index contributed by atoms with van der Waals surface area (Å²) in [6.45, 7) is 2.22. The molecule has 1 aromatic carbocycles. The van der Waals surface area contributed by atoms with Crippen molar-refractivity contribution in [2.75, 3.05) is 20.3 Å². The van der Waals surface area contributed by atoms with E-state index in [0.717, 1.165) is 0 Å². The summed E-state index contributed by atoms with van der Waals surface area (Å²) in [6, 6.07) is 5.14. The third-order valence-corrected chi connectivity index (χ3v) is 2.98. The van der Waals surface area contributed by atoms with Gasteiger partial charge in [0.15, 0.2) is 17.3 Å². The molecule has 1 aliphatic heterocycles. The number of fused-ring (bicyclic) bond motifs is 1. The van der Waals surface area contributed by atoms with Crippen molar-refractivity contribution in [3.8, 4) is 11.5 Å². The number of rotatable bonds is 4. The zero-order valence-electron chi connectivity index (χ0n) is 11.0. The molecule has 0 spiro atoms. The molecule has 5 heteroatoms. The van der Waals surface area contributed by atoms with E-state index in [4.69, 9.17) is 14.2 Å². The Bertz CT molecular complexity index is 495. The van der Waals surface area contributed by atoms with Crippen LogP contribution in [0.2, 0.25) is 0 Å². The summed E-state index contributed by atoms with van der Waals surface area (Å²) < 4.78 is 15.6. The smallest absolute Gasteiger partial charge is 0.306 e. The van der Waals surface area contributed by atoms with E-state index in [-0.39, 0.29) is 24.8 Å². The average molecular weight is 264 g/mol. The highest BCUT2D eigenvalue weighted by molar-refractivity contribution is 6.03. The highest BCUT2D eigenvalue weighted by Gasteiger charge is 2.32. The van der Waals surface area contributed by atoms with Gasteiger partial charge in [-0.15, -0.1) is 0 Å². The molecule has 1 atom stereocenters. The maximum atomic E-state index is 12.3. The molecule has 0 fully saturated rings. The van der Waals surface area contributed by atoms with Crippen molar-refractivity contribution in [1.82, 2.24) is 0 Å². The predicted octanol–water partition coefficient (Wildman–Crippen LogP) is 1.84. The van der Waals surface area contributed by atoms with E-state index in [1.165, 1.54) is 7.11 Å². The second-order valence-electron chi connectivity index (χ2n) is 4.22. The zero-order valence-corrected chi connectivity index (χ0v) is 11.0. The topological polar surface area (TPSA) is 61.8 Å². The summed E-state index contributed by atoms with van der Waals surface area (Å²) in [5.41, 5.74) is 0.458. The van der Waals surface area contributed by atoms with Crippen LogP contribution in [0.1, 0.15) is 23.7 Å². The molecule has 0 radical (unpaired) electrons. The molecule has 0 saturated carbocycles. The van der Waals surface area contributed by atoms with Crippen LogP contribution in [-0.4, -0.2) is 32.1 Å². The number of benzene rings is 1. The molecule has 102 valence electrons. The van der Waals surface area contributed by atoms with Crippen LogP contribution in [0.4, 0.5) is 0 Å². The maximum Gasteiger partial charge on any atom is 0.306 e. The number of hydrogen-bond donors (Lipinski definition) is 0. The minimum Gasteiger partial charge on any atom is -0.493 e. The normalized spacial score (nSPS) is 17.4. The number of para-hydroxylation sites is 1. The summed E-state index contributed by atoms with van der Waals surface area (Å²) in [4.78, 5) is 23.7. The van der Waals surface area contributed by atoms with Crippen LogP contribution in [0.3, 0.4) is 0 Å². The van der Waals surface area contributed by atoms with Gasteiger partial charge in [-0.3, -0.25) is 9.59 Å². The van der Waals surface area contributed by atoms with Crippen LogP contribution in [0.25, 0.3) is 0 Å². The third kappa shape index (κ3) is 2.70. The Morgan fingerprint density at radius 2 is 2.26 bits per heavy atom. The molecule has 1 unspecified atom stereocenters. The monoisotopic (exact) mass is 264 g/mol. The van der Waals surface area contributed by atoms with E-state index in [9.17, 15) is 9.59 Å². The fourth-order valence-corrected chi connectivity index (χ4v) is 2.07. The van der Waals surface area contributed by atoms with Gasteiger partial charge < -0.3 is 14.2 Å². The second-order valence-corrected chi connectivity index (χ2v) is 4.22. The number of carbonyl (C=O) groups is 2. The first-order valence-electron chi connectivity index (χ1n) is 6.17. The number of carbonyl (C=O) groups excluding carboxylic acids is 2. The summed E-state index contributed by atoms with van der Waals surface area (Å²) in [5, 5.41) is 0. The van der Waals surface area contributed by atoms with E-state index in [0.29, 0.717) is 23.7 Å². The Morgan fingerprint density at radius 1 is 1.47 bits per heavy atom. The molecule has 2 rings (SSSR count). The lowest BCUT2D eigenvalue weighted by Gasteiger charge is -2.24. The van der Waals surface area contributed by atoms with Crippen LogP contribution in [0.15, 0.2) is 18.2 Å². The van der Waals surface area contributed by atoms with Gasteiger partial charge in [0.1, 0.15) is 0 Å². The minimum absolute atomic E-state index is 0.0450. The first-order chi connectivity index (χ1) is 9.17. The maximum absolute atomic E-state index is 12.3. The number of ether oxygens (including phenoxy) is 3. The number of methoxy groups -OCH3 is 1. The molecule has 0 aromatic heterocycles. The number of ketones is 1. The van der Waals surface area contributed by atoms with Gasteiger partial charge in [-0.05, 0) is 19.1 Å². The molecule has 0 amide bonds. The largest absolute Gasteiger partial charge is 0.493 e. The van der Waals surface area contributed by atoms with Gasteiger partial charge in [-0.2, -0.15) is 0 Å². The van der Waals surface area contributed by atoms with E-state index in [1.54, 1.807) is 25.1 Å². The van der Waals surface area contributed by atoms with Crippen molar-refractivity contribution in [2.45, 2.75) is 13.3 Å². The summed E-state index contributed by atoms with van der Waals surface area (Å²) in [6.07, 6.45) is 0.0450. The van der Waals surface area contributed by atoms with Crippen molar-refractivity contribution in [3.05, 3.63) is 23.8 Å². The number of Topliss-reactive ketones (excluding diaryl/α,β-unsaturated/α-hetero) is 1. The third-order valence-electron chi connectivity index (χ3n) is 2.98. The molecule has 1 aliphatic rings. The molecular formula is C14H16O5. The van der Waals surface area contributed by atoms with Crippen LogP contribution in [-0.2, 0) is 9.53 Å². The van der Waals surface area contributed by atoms with Crippen molar-refractivity contribution in [2.24, 2.45) is 5.92 Å². The quantitative estimate of drug-likeness (QED) is 0.776. The van der Waals surface area contributed by atoms with Crippen molar-refractivity contribution < 1.29 is 23.8 Å². The Morgan fingerprint density at radius 3 is 2.95 bits per heavy atom. The molecule has 1 heterocycles. The van der Waals surface area contributed by atoms with Gasteiger partial charge in [0, 0.05) is 0 Å². The van der Waals surface area contributed by atoms with E-state index >= 15 is 0 Å². The molecule has 1 aromatic rings. The first kappa shape index (κ1) is 13.4. The van der Waals surface area contributed by atoms with E-state index < -0.39 is 5.92 Å². The molecule has 0 aliphatic carbocycles. The van der Waals surface area contributed by atoms with Crippen LogP contribution in [0.5, 0.6) is 11.5 Å². The Labute approximate surface area is 111 Å². The molecule has 19 heavy (non-hydrogen) atoms. The van der Waals surface area contributed by atoms with Gasteiger partial charge in [-0.1, -0.05) is 6.07 Å². The highest BCUT2D eigenvalue weighted by atomic mass is 16.5.